The maximum absolute atomic E-state index is 9.97. The zero-order valence-corrected chi connectivity index (χ0v) is 10.8. The number of halogens is 1. The van der Waals surface area contributed by atoms with Gasteiger partial charge in [-0.25, -0.2) is 0 Å². The lowest BCUT2D eigenvalue weighted by Crippen LogP contribution is -2.09. The van der Waals surface area contributed by atoms with E-state index in [9.17, 15) is 5.11 Å². The molecule has 0 aliphatic heterocycles. The van der Waals surface area contributed by atoms with Gasteiger partial charge in [0.25, 0.3) is 0 Å². The Kier molecular flexibility index (Phi) is 4.77. The molecule has 0 aromatic heterocycles. The van der Waals surface area contributed by atoms with E-state index in [1.807, 2.05) is 12.1 Å². The Morgan fingerprint density at radius 2 is 2.00 bits per heavy atom. The Balaban J connectivity index is 3.06. The fourth-order valence-electron chi connectivity index (χ4n) is 1.67. The van der Waals surface area contributed by atoms with Gasteiger partial charge in [0, 0.05) is 4.47 Å². The summed E-state index contributed by atoms with van der Waals surface area (Å²) in [7, 11) is 0. The van der Waals surface area contributed by atoms with E-state index in [-0.39, 0.29) is 0 Å². The largest absolute Gasteiger partial charge is 0.388 e. The van der Waals surface area contributed by atoms with Gasteiger partial charge < -0.3 is 10.8 Å². The van der Waals surface area contributed by atoms with E-state index in [0.29, 0.717) is 18.9 Å². The highest BCUT2D eigenvalue weighted by atomic mass is 79.9. The van der Waals surface area contributed by atoms with Gasteiger partial charge in [-0.05, 0) is 42.1 Å². The van der Waals surface area contributed by atoms with Crippen molar-refractivity contribution in [3.63, 3.8) is 0 Å². The summed E-state index contributed by atoms with van der Waals surface area (Å²) >= 11 is 3.42. The van der Waals surface area contributed by atoms with Gasteiger partial charge in [0.2, 0.25) is 0 Å². The van der Waals surface area contributed by atoms with Gasteiger partial charge in [-0.15, -0.1) is 0 Å². The second kappa shape index (κ2) is 5.64. The number of aliphatic hydroxyl groups is 1. The van der Waals surface area contributed by atoms with Crippen molar-refractivity contribution in [3.8, 4) is 0 Å². The van der Waals surface area contributed by atoms with E-state index >= 15 is 0 Å². The second-order valence-corrected chi connectivity index (χ2v) is 4.94. The fourth-order valence-corrected chi connectivity index (χ4v) is 2.05. The molecule has 1 aromatic carbocycles. The highest BCUT2D eigenvalue weighted by molar-refractivity contribution is 9.10. The molecule has 2 nitrogen and oxygen atoms in total. The average Bonchev–Trinajstić information content (AvgIpc) is 2.17. The van der Waals surface area contributed by atoms with Gasteiger partial charge in [-0.2, -0.15) is 0 Å². The van der Waals surface area contributed by atoms with Crippen LogP contribution in [0.3, 0.4) is 0 Å². The summed E-state index contributed by atoms with van der Waals surface area (Å²) in [4.78, 5) is 0. The van der Waals surface area contributed by atoms with E-state index in [1.54, 1.807) is 0 Å². The van der Waals surface area contributed by atoms with Crippen molar-refractivity contribution in [2.75, 3.05) is 6.54 Å². The lowest BCUT2D eigenvalue weighted by Gasteiger charge is -2.17. The van der Waals surface area contributed by atoms with Crippen LogP contribution in [0.25, 0.3) is 0 Å². The van der Waals surface area contributed by atoms with Crippen LogP contribution in [0.5, 0.6) is 0 Å². The summed E-state index contributed by atoms with van der Waals surface area (Å²) < 4.78 is 0.998. The number of benzene rings is 1. The van der Waals surface area contributed by atoms with Crippen LogP contribution < -0.4 is 5.73 Å². The molecule has 0 bridgehead atoms. The van der Waals surface area contributed by atoms with Gasteiger partial charge >= 0.3 is 0 Å². The molecule has 0 fully saturated rings. The van der Waals surface area contributed by atoms with E-state index in [4.69, 9.17) is 5.73 Å². The van der Waals surface area contributed by atoms with E-state index in [0.717, 1.165) is 10.0 Å². The summed E-state index contributed by atoms with van der Waals surface area (Å²) in [6, 6.07) is 6.05. The van der Waals surface area contributed by atoms with Crippen LogP contribution in [0, 0.1) is 0 Å². The number of aliphatic hydroxyl groups excluding tert-OH is 1. The Morgan fingerprint density at radius 3 is 2.53 bits per heavy atom. The molecule has 1 atom stereocenters. The third-order valence-corrected chi connectivity index (χ3v) is 2.96. The Bertz CT molecular complexity index is 325. The summed E-state index contributed by atoms with van der Waals surface area (Å²) in [6.07, 6.45) is 0.154. The predicted molar refractivity (Wildman–Crippen MR) is 66.9 cm³/mol. The molecule has 0 aliphatic carbocycles. The highest BCUT2D eigenvalue weighted by Gasteiger charge is 2.14. The minimum Gasteiger partial charge on any atom is -0.388 e. The van der Waals surface area contributed by atoms with Gasteiger partial charge in [0.1, 0.15) is 0 Å². The minimum absolute atomic E-state index is 0.417. The molecule has 0 aliphatic rings. The van der Waals surface area contributed by atoms with E-state index in [1.165, 1.54) is 5.56 Å². The molecule has 0 radical (unpaired) electrons. The van der Waals surface area contributed by atoms with Crippen LogP contribution >= 0.6 is 15.9 Å². The Morgan fingerprint density at radius 1 is 1.33 bits per heavy atom. The van der Waals surface area contributed by atoms with Crippen LogP contribution in [0.4, 0.5) is 0 Å². The maximum Gasteiger partial charge on any atom is 0.0805 e. The molecular weight excluding hydrogens is 254 g/mol. The first-order chi connectivity index (χ1) is 7.06. The van der Waals surface area contributed by atoms with Gasteiger partial charge in [-0.1, -0.05) is 35.8 Å². The van der Waals surface area contributed by atoms with Gasteiger partial charge in [0.15, 0.2) is 0 Å². The molecule has 0 saturated heterocycles. The zero-order valence-electron chi connectivity index (χ0n) is 9.20. The Hall–Kier alpha value is -0.380. The van der Waals surface area contributed by atoms with Crippen LogP contribution in [-0.2, 0) is 0 Å². The van der Waals surface area contributed by atoms with Crippen molar-refractivity contribution >= 4 is 15.9 Å². The number of hydrogen-bond donors (Lipinski definition) is 2. The summed E-state index contributed by atoms with van der Waals surface area (Å²) in [5.41, 5.74) is 7.64. The minimum atomic E-state index is -0.454. The molecule has 0 heterocycles. The topological polar surface area (TPSA) is 46.2 Å². The SMILES string of the molecule is CC(C)c1ccc(Br)cc1C(O)CCN. The first-order valence-corrected chi connectivity index (χ1v) is 6.03. The monoisotopic (exact) mass is 271 g/mol. The Labute approximate surface area is 99.6 Å². The van der Waals surface area contributed by atoms with Gasteiger partial charge in [0.05, 0.1) is 6.10 Å². The number of rotatable bonds is 4. The lowest BCUT2D eigenvalue weighted by atomic mass is 9.93. The molecule has 84 valence electrons. The fraction of sp³-hybridized carbons (Fsp3) is 0.500. The average molecular weight is 272 g/mol. The van der Waals surface area contributed by atoms with Crippen molar-refractivity contribution < 1.29 is 5.11 Å². The molecule has 3 heteroatoms. The quantitative estimate of drug-likeness (QED) is 0.885. The molecule has 1 aromatic rings. The molecule has 3 N–H and O–H groups in total. The summed E-state index contributed by atoms with van der Waals surface area (Å²) in [6.45, 7) is 4.76. The third-order valence-electron chi connectivity index (χ3n) is 2.47. The molecule has 1 rings (SSSR count). The zero-order chi connectivity index (χ0) is 11.4. The molecule has 0 amide bonds. The van der Waals surface area contributed by atoms with Gasteiger partial charge in [-0.3, -0.25) is 0 Å². The maximum atomic E-state index is 9.97. The molecule has 15 heavy (non-hydrogen) atoms. The second-order valence-electron chi connectivity index (χ2n) is 4.02. The standard InChI is InChI=1S/C12H18BrNO/c1-8(2)10-4-3-9(13)7-11(10)12(15)5-6-14/h3-4,7-8,12,15H,5-6,14H2,1-2H3. The third kappa shape index (κ3) is 3.30. The van der Waals surface area contributed by atoms with Crippen molar-refractivity contribution in [3.05, 3.63) is 33.8 Å². The molecule has 0 saturated carbocycles. The summed E-state index contributed by atoms with van der Waals surface area (Å²) in [5, 5.41) is 9.97. The molecule has 1 unspecified atom stereocenters. The highest BCUT2D eigenvalue weighted by Crippen LogP contribution is 2.29. The molecular formula is C12H18BrNO. The first kappa shape index (κ1) is 12.7. The van der Waals surface area contributed by atoms with Crippen LogP contribution in [0.2, 0.25) is 0 Å². The van der Waals surface area contributed by atoms with Crippen molar-refractivity contribution in [1.82, 2.24) is 0 Å². The normalized spacial score (nSPS) is 13.2. The predicted octanol–water partition coefficient (Wildman–Crippen LogP) is 2.95. The van der Waals surface area contributed by atoms with Crippen molar-refractivity contribution in [2.45, 2.75) is 32.3 Å². The lowest BCUT2D eigenvalue weighted by molar-refractivity contribution is 0.169. The van der Waals surface area contributed by atoms with Crippen LogP contribution in [0.1, 0.15) is 43.4 Å². The number of nitrogens with two attached hydrogens (primary N) is 1. The first-order valence-electron chi connectivity index (χ1n) is 5.23. The van der Waals surface area contributed by atoms with E-state index in [2.05, 4.69) is 35.8 Å². The van der Waals surface area contributed by atoms with Crippen LogP contribution in [-0.4, -0.2) is 11.7 Å². The van der Waals surface area contributed by atoms with Crippen molar-refractivity contribution in [1.29, 1.82) is 0 Å². The van der Waals surface area contributed by atoms with Crippen molar-refractivity contribution in [2.24, 2.45) is 5.73 Å². The smallest absolute Gasteiger partial charge is 0.0805 e. The molecule has 0 spiro atoms. The van der Waals surface area contributed by atoms with Crippen LogP contribution in [0.15, 0.2) is 22.7 Å². The number of hydrogen-bond acceptors (Lipinski definition) is 2. The van der Waals surface area contributed by atoms with E-state index < -0.39 is 6.10 Å². The summed E-state index contributed by atoms with van der Waals surface area (Å²) in [5.74, 6) is 0.417.